The van der Waals surface area contributed by atoms with E-state index < -0.39 is 42.1 Å². The van der Waals surface area contributed by atoms with Crippen LogP contribution in [0.2, 0.25) is 5.02 Å². The van der Waals surface area contributed by atoms with Crippen LogP contribution in [0, 0.1) is 28.6 Å². The zero-order chi connectivity index (χ0) is 31.7. The fraction of sp³-hybridized carbons (Fsp3) is 0.645. The molecular formula is C31H40ClF2N5O5. The molecule has 1 saturated heterocycles. The van der Waals surface area contributed by atoms with E-state index in [1.54, 1.807) is 28.9 Å². The minimum Gasteiger partial charge on any atom is -0.487 e. The third kappa shape index (κ3) is 5.17. The van der Waals surface area contributed by atoms with Crippen LogP contribution >= 0.6 is 11.6 Å². The highest BCUT2D eigenvalue weighted by atomic mass is 35.5. The molecule has 4 saturated carbocycles. The van der Waals surface area contributed by atoms with Gasteiger partial charge in [0, 0.05) is 43.7 Å². The van der Waals surface area contributed by atoms with Crippen LogP contribution < -0.4 is 16.3 Å². The Morgan fingerprint density at radius 3 is 2.57 bits per heavy atom. The molecule has 1 aromatic carbocycles. The van der Waals surface area contributed by atoms with E-state index >= 15 is 0 Å². The molecule has 0 aromatic heterocycles. The Balaban J connectivity index is 1.39. The number of aliphatic carboxylic acids is 1. The number of fused-ring (bicyclic) bond motifs is 3. The average molecular weight is 636 g/mol. The van der Waals surface area contributed by atoms with Crippen molar-refractivity contribution in [3.05, 3.63) is 39.7 Å². The average Bonchev–Trinajstić information content (AvgIpc) is 3.61. The molecule has 5 fully saturated rings. The summed E-state index contributed by atoms with van der Waals surface area (Å²) in [7, 11) is 1.26. The summed E-state index contributed by atoms with van der Waals surface area (Å²) < 4.78 is 33.4. The zero-order valence-corrected chi connectivity index (χ0v) is 25.8. The van der Waals surface area contributed by atoms with E-state index in [2.05, 4.69) is 0 Å². The van der Waals surface area contributed by atoms with Gasteiger partial charge in [0.2, 0.25) is 11.8 Å². The van der Waals surface area contributed by atoms with Crippen molar-refractivity contribution < 1.29 is 33.0 Å². The fourth-order valence-electron chi connectivity index (χ4n) is 8.32. The van der Waals surface area contributed by atoms with Gasteiger partial charge in [-0.3, -0.25) is 14.4 Å². The van der Waals surface area contributed by atoms with Gasteiger partial charge in [0.1, 0.15) is 18.1 Å². The van der Waals surface area contributed by atoms with E-state index in [0.717, 1.165) is 36.3 Å². The number of carboxylic acid groups (broad SMARTS) is 1. The van der Waals surface area contributed by atoms with Gasteiger partial charge >= 0.3 is 5.97 Å². The number of rotatable bonds is 9. The molecule has 1 spiro atoms. The number of amides is 2. The minimum absolute atomic E-state index is 0.0115. The summed E-state index contributed by atoms with van der Waals surface area (Å²) >= 11 is 6.70. The summed E-state index contributed by atoms with van der Waals surface area (Å²) in [5, 5.41) is 11.5. The topological polar surface area (TPSA) is 142 Å². The first-order valence-corrected chi connectivity index (χ1v) is 15.6. The third-order valence-corrected chi connectivity index (χ3v) is 11.2. The molecular weight excluding hydrogens is 596 g/mol. The Morgan fingerprint density at radius 2 is 1.98 bits per heavy atom. The van der Waals surface area contributed by atoms with Gasteiger partial charge in [-0.25, -0.2) is 14.6 Å². The summed E-state index contributed by atoms with van der Waals surface area (Å²) in [5.74, 6) is 4.29. The monoisotopic (exact) mass is 635 g/mol. The van der Waals surface area contributed by atoms with Crippen molar-refractivity contribution in [2.75, 3.05) is 33.3 Å². The van der Waals surface area contributed by atoms with Gasteiger partial charge in [0.25, 0.3) is 6.43 Å². The lowest BCUT2D eigenvalue weighted by atomic mass is 9.49. The van der Waals surface area contributed by atoms with Crippen LogP contribution in [0.1, 0.15) is 62.6 Å². The van der Waals surface area contributed by atoms with Gasteiger partial charge in [-0.2, -0.15) is 0 Å². The lowest BCUT2D eigenvalue weighted by Crippen LogP contribution is -2.59. The van der Waals surface area contributed by atoms with Crippen LogP contribution in [-0.4, -0.2) is 77.4 Å². The van der Waals surface area contributed by atoms with Crippen LogP contribution in [0.3, 0.4) is 0 Å². The number of nitrogens with two attached hydrogens (primary N) is 2. The molecule has 5 N–H and O–H groups in total. The zero-order valence-electron chi connectivity index (χ0n) is 25.0. The van der Waals surface area contributed by atoms with Crippen molar-refractivity contribution in [3.63, 3.8) is 0 Å². The Hall–Kier alpha value is -3.12. The first kappa shape index (κ1) is 30.9. The highest BCUT2D eigenvalue weighted by Gasteiger charge is 2.60. The van der Waals surface area contributed by atoms with E-state index in [9.17, 15) is 28.3 Å². The molecule has 0 unspecified atom stereocenters. The number of ether oxygens (including phenoxy) is 1. The van der Waals surface area contributed by atoms with Gasteiger partial charge in [-0.15, -0.1) is 0 Å². The Bertz CT molecular complexity index is 1400. The molecule has 7 rings (SSSR count). The fourth-order valence-corrected chi connectivity index (χ4v) is 8.58. The number of carbonyl (C=O) groups excluding carboxylic acids is 2. The van der Waals surface area contributed by atoms with E-state index in [0.29, 0.717) is 54.6 Å². The van der Waals surface area contributed by atoms with Crippen molar-refractivity contribution in [3.8, 4) is 5.75 Å². The van der Waals surface area contributed by atoms with Crippen LogP contribution in [0.15, 0.2) is 23.5 Å². The number of carbonyl (C=O) groups is 3. The van der Waals surface area contributed by atoms with Gasteiger partial charge in [-0.1, -0.05) is 11.6 Å². The number of hydrazine groups is 1. The van der Waals surface area contributed by atoms with E-state index in [4.69, 9.17) is 27.9 Å². The van der Waals surface area contributed by atoms with Crippen molar-refractivity contribution >= 4 is 29.4 Å². The molecule has 4 aliphatic carbocycles. The second-order valence-electron chi connectivity index (χ2n) is 13.8. The number of halogens is 3. The molecule has 13 heteroatoms. The summed E-state index contributed by atoms with van der Waals surface area (Å²) in [4.78, 5) is 43.9. The first-order chi connectivity index (χ1) is 20.7. The normalized spacial score (nSPS) is 30.6. The summed E-state index contributed by atoms with van der Waals surface area (Å²) in [6.45, 7) is 2.36. The van der Waals surface area contributed by atoms with Gasteiger partial charge in [0.15, 0.2) is 0 Å². The number of alkyl halides is 2. The minimum atomic E-state index is -2.92. The molecule has 2 heterocycles. The second kappa shape index (κ2) is 11.0. The van der Waals surface area contributed by atoms with Crippen LogP contribution in [0.4, 0.5) is 8.78 Å². The maximum absolute atomic E-state index is 14.6. The molecule has 3 atom stereocenters. The lowest BCUT2D eigenvalue weighted by molar-refractivity contribution is -0.177. The van der Waals surface area contributed by atoms with Crippen LogP contribution in [0.5, 0.6) is 5.75 Å². The number of hydrogen-bond acceptors (Lipinski definition) is 7. The van der Waals surface area contributed by atoms with Crippen molar-refractivity contribution in [1.82, 2.24) is 14.8 Å². The van der Waals surface area contributed by atoms with Gasteiger partial charge in [-0.05, 0) is 80.4 Å². The number of benzene rings is 1. The highest BCUT2D eigenvalue weighted by Crippen LogP contribution is 2.59. The smallest absolute Gasteiger partial charge is 0.310 e. The van der Waals surface area contributed by atoms with Crippen molar-refractivity contribution in [2.45, 2.75) is 64.3 Å². The van der Waals surface area contributed by atoms with Gasteiger partial charge < -0.3 is 30.4 Å². The third-order valence-electron chi connectivity index (χ3n) is 10.8. The first-order valence-electron chi connectivity index (χ1n) is 15.3. The SMILES string of the molecule is CN(N)/C(=C(\N)COc1ccc(Cl)c2c1[C@@H](CN1CC3(CC3)CC1=O)N(C(=O)[C@@H]1C3CC(C3)C[C@]1(C)C(=O)O)CC2)C(F)F. The van der Waals surface area contributed by atoms with Crippen LogP contribution in [0.25, 0.3) is 0 Å². The van der Waals surface area contributed by atoms with E-state index in [1.165, 1.54) is 7.05 Å². The summed E-state index contributed by atoms with van der Waals surface area (Å²) in [6.07, 6.45) is 2.00. The number of carboxylic acids is 1. The van der Waals surface area contributed by atoms with Crippen molar-refractivity contribution in [2.24, 2.45) is 40.2 Å². The van der Waals surface area contributed by atoms with Crippen molar-refractivity contribution in [1.29, 1.82) is 0 Å². The summed E-state index contributed by atoms with van der Waals surface area (Å²) in [5.41, 5.74) is 5.31. The standard InChI is InChI=1S/C31H40ClF2N5O5/c1-30(29(42)43)11-16-9-17(10-16)25(30)28(41)39-8-5-18-19(32)3-4-22(44-14-20(35)26(27(33)34)37(2)36)24(18)21(39)13-38-15-31(6-7-31)12-23(38)40/h3-4,16-17,21,25,27H,5-15,35-36H2,1-2H3,(H,42,43)/b26-20-/t16?,17?,21-,25+,30+/m1/s1. The quantitative estimate of drug-likeness (QED) is 0.276. The Kier molecular flexibility index (Phi) is 7.75. The van der Waals surface area contributed by atoms with Crippen LogP contribution in [-0.2, 0) is 20.8 Å². The molecule has 0 radical (unpaired) electrons. The lowest BCUT2D eigenvalue weighted by Gasteiger charge is -2.55. The second-order valence-corrected chi connectivity index (χ2v) is 14.2. The number of nitrogens with zero attached hydrogens (tertiary/aromatic N) is 3. The Labute approximate surface area is 260 Å². The number of allylic oxidation sites excluding steroid dienone is 1. The maximum Gasteiger partial charge on any atom is 0.310 e. The molecule has 2 amide bonds. The highest BCUT2D eigenvalue weighted by molar-refractivity contribution is 6.31. The molecule has 240 valence electrons. The van der Waals surface area contributed by atoms with E-state index in [1.807, 2.05) is 0 Å². The number of hydrogen-bond donors (Lipinski definition) is 3. The Morgan fingerprint density at radius 1 is 1.27 bits per heavy atom. The molecule has 2 bridgehead atoms. The molecule has 1 aromatic rings. The molecule has 2 aliphatic heterocycles. The number of likely N-dealkylation sites (tertiary alicyclic amines) is 1. The van der Waals surface area contributed by atoms with Gasteiger partial charge in [0.05, 0.1) is 23.1 Å². The molecule has 6 aliphatic rings. The summed E-state index contributed by atoms with van der Waals surface area (Å²) in [6, 6.07) is 2.60. The molecule has 44 heavy (non-hydrogen) atoms. The predicted molar refractivity (Wildman–Crippen MR) is 157 cm³/mol. The molecule has 10 nitrogen and oxygen atoms in total. The van der Waals surface area contributed by atoms with E-state index in [-0.39, 0.29) is 35.4 Å². The largest absolute Gasteiger partial charge is 0.487 e. The maximum atomic E-state index is 14.6. The predicted octanol–water partition coefficient (Wildman–Crippen LogP) is 3.54.